The van der Waals surface area contributed by atoms with Gasteiger partial charge in [-0.3, -0.25) is 4.79 Å². The lowest BCUT2D eigenvalue weighted by Crippen LogP contribution is -2.50. The largest absolute Gasteiger partial charge is 0.493 e. The SMILES string of the molecule is COc1cc(C(=O)N2CCN(S(=O)(=O)c3ccc(F)cc3)CC2)cc(OC)c1OC. The second kappa shape index (κ2) is 8.88. The van der Waals surface area contributed by atoms with Crippen molar-refractivity contribution in [3.05, 3.63) is 47.8 Å². The normalized spacial score (nSPS) is 15.0. The number of carbonyl (C=O) groups excluding carboxylic acids is 1. The number of ether oxygens (including phenoxy) is 3. The number of rotatable bonds is 6. The Labute approximate surface area is 174 Å². The Balaban J connectivity index is 1.75. The summed E-state index contributed by atoms with van der Waals surface area (Å²) in [5.41, 5.74) is 0.347. The number of piperazine rings is 1. The molecular weight excluding hydrogens is 415 g/mol. The van der Waals surface area contributed by atoms with Crippen molar-refractivity contribution >= 4 is 15.9 Å². The van der Waals surface area contributed by atoms with Crippen LogP contribution in [0.5, 0.6) is 17.2 Å². The van der Waals surface area contributed by atoms with E-state index < -0.39 is 15.8 Å². The lowest BCUT2D eigenvalue weighted by atomic mass is 10.1. The van der Waals surface area contributed by atoms with E-state index in [1.807, 2.05) is 0 Å². The zero-order chi connectivity index (χ0) is 21.9. The minimum absolute atomic E-state index is 0.0216. The first kappa shape index (κ1) is 21.8. The van der Waals surface area contributed by atoms with E-state index in [2.05, 4.69) is 0 Å². The third kappa shape index (κ3) is 4.19. The first-order valence-electron chi connectivity index (χ1n) is 9.16. The highest BCUT2D eigenvalue weighted by Gasteiger charge is 2.31. The fraction of sp³-hybridized carbons (Fsp3) is 0.350. The van der Waals surface area contributed by atoms with Crippen LogP contribution in [0.2, 0.25) is 0 Å². The van der Waals surface area contributed by atoms with Crippen LogP contribution in [-0.4, -0.2) is 71.0 Å². The van der Waals surface area contributed by atoms with Gasteiger partial charge in [0.05, 0.1) is 26.2 Å². The number of carbonyl (C=O) groups is 1. The van der Waals surface area contributed by atoms with Crippen LogP contribution in [0.4, 0.5) is 4.39 Å². The second-order valence-electron chi connectivity index (χ2n) is 6.56. The van der Waals surface area contributed by atoms with Crippen LogP contribution in [-0.2, 0) is 10.0 Å². The van der Waals surface area contributed by atoms with Gasteiger partial charge in [-0.2, -0.15) is 4.31 Å². The van der Waals surface area contributed by atoms with Gasteiger partial charge in [-0.05, 0) is 36.4 Å². The number of benzene rings is 2. The summed E-state index contributed by atoms with van der Waals surface area (Å²) in [5, 5.41) is 0. The number of amides is 1. The van der Waals surface area contributed by atoms with E-state index >= 15 is 0 Å². The van der Waals surface area contributed by atoms with Crippen LogP contribution in [0.25, 0.3) is 0 Å². The zero-order valence-electron chi connectivity index (χ0n) is 16.9. The topological polar surface area (TPSA) is 85.4 Å². The van der Waals surface area contributed by atoms with Crippen molar-refractivity contribution in [1.29, 1.82) is 0 Å². The molecule has 8 nitrogen and oxygen atoms in total. The summed E-state index contributed by atoms with van der Waals surface area (Å²) in [7, 11) is 0.650. The summed E-state index contributed by atoms with van der Waals surface area (Å²) in [4.78, 5) is 14.6. The molecule has 0 saturated carbocycles. The molecule has 2 aromatic rings. The molecule has 1 fully saturated rings. The highest BCUT2D eigenvalue weighted by molar-refractivity contribution is 7.89. The summed E-state index contributed by atoms with van der Waals surface area (Å²) in [6.07, 6.45) is 0. The van der Waals surface area contributed by atoms with E-state index in [-0.39, 0.29) is 37.0 Å². The summed E-state index contributed by atoms with van der Waals surface area (Å²) in [6.45, 7) is 0.706. The molecule has 1 aliphatic heterocycles. The third-order valence-corrected chi connectivity index (χ3v) is 6.80. The standard InChI is InChI=1S/C20H23FN2O6S/c1-27-17-12-14(13-18(28-2)19(17)29-3)20(24)22-8-10-23(11-9-22)30(25,26)16-6-4-15(21)5-7-16/h4-7,12-13H,8-11H2,1-3H3. The Hall–Kier alpha value is -2.85. The van der Waals surface area contributed by atoms with Crippen molar-refractivity contribution in [2.24, 2.45) is 0 Å². The highest BCUT2D eigenvalue weighted by Crippen LogP contribution is 2.38. The minimum Gasteiger partial charge on any atom is -0.493 e. The smallest absolute Gasteiger partial charge is 0.254 e. The first-order chi connectivity index (χ1) is 14.3. The van der Waals surface area contributed by atoms with E-state index in [9.17, 15) is 17.6 Å². The molecule has 0 spiro atoms. The van der Waals surface area contributed by atoms with Crippen molar-refractivity contribution in [1.82, 2.24) is 9.21 Å². The molecule has 1 aliphatic rings. The van der Waals surface area contributed by atoms with Gasteiger partial charge in [0.1, 0.15) is 5.82 Å². The van der Waals surface area contributed by atoms with E-state index in [1.54, 1.807) is 17.0 Å². The van der Waals surface area contributed by atoms with Crippen LogP contribution >= 0.6 is 0 Å². The molecule has 10 heteroatoms. The molecule has 1 amide bonds. The van der Waals surface area contributed by atoms with Crippen molar-refractivity contribution in [3.63, 3.8) is 0 Å². The van der Waals surface area contributed by atoms with Crippen molar-refractivity contribution in [3.8, 4) is 17.2 Å². The molecule has 162 valence electrons. The Morgan fingerprint density at radius 1 is 0.900 bits per heavy atom. The summed E-state index contributed by atoms with van der Waals surface area (Å²) < 4.78 is 55.7. The lowest BCUT2D eigenvalue weighted by molar-refractivity contribution is 0.0697. The summed E-state index contributed by atoms with van der Waals surface area (Å²) in [5.74, 6) is 0.324. The number of methoxy groups -OCH3 is 3. The molecule has 1 heterocycles. The quantitative estimate of drug-likeness (QED) is 0.686. The zero-order valence-corrected chi connectivity index (χ0v) is 17.7. The molecule has 0 aliphatic carbocycles. The van der Waals surface area contributed by atoms with Gasteiger partial charge in [0, 0.05) is 31.7 Å². The van der Waals surface area contributed by atoms with Gasteiger partial charge in [0.15, 0.2) is 11.5 Å². The van der Waals surface area contributed by atoms with E-state index in [0.29, 0.717) is 22.8 Å². The Bertz CT molecular complexity index is 993. The summed E-state index contributed by atoms with van der Waals surface area (Å²) >= 11 is 0. The number of hydrogen-bond donors (Lipinski definition) is 0. The molecule has 30 heavy (non-hydrogen) atoms. The predicted octanol–water partition coefficient (Wildman–Crippen LogP) is 2.00. The van der Waals surface area contributed by atoms with E-state index in [0.717, 1.165) is 12.1 Å². The highest BCUT2D eigenvalue weighted by atomic mass is 32.2. The van der Waals surface area contributed by atoms with Crippen LogP contribution in [0.3, 0.4) is 0 Å². The molecule has 0 aromatic heterocycles. The van der Waals surface area contributed by atoms with Gasteiger partial charge in [0.25, 0.3) is 5.91 Å². The molecule has 0 radical (unpaired) electrons. The molecule has 0 atom stereocenters. The molecular formula is C20H23FN2O6S. The maximum absolute atomic E-state index is 13.1. The maximum atomic E-state index is 13.1. The molecule has 3 rings (SSSR count). The maximum Gasteiger partial charge on any atom is 0.254 e. The first-order valence-corrected chi connectivity index (χ1v) is 10.6. The molecule has 0 unspecified atom stereocenters. The van der Waals surface area contributed by atoms with Gasteiger partial charge in [-0.25, -0.2) is 12.8 Å². The lowest BCUT2D eigenvalue weighted by Gasteiger charge is -2.34. The van der Waals surface area contributed by atoms with Crippen LogP contribution in [0.15, 0.2) is 41.3 Å². The van der Waals surface area contributed by atoms with Crippen molar-refractivity contribution in [2.45, 2.75) is 4.90 Å². The summed E-state index contributed by atoms with van der Waals surface area (Å²) in [6, 6.07) is 7.81. The van der Waals surface area contributed by atoms with Crippen molar-refractivity contribution in [2.75, 3.05) is 47.5 Å². The fourth-order valence-electron chi connectivity index (χ4n) is 3.27. The van der Waals surface area contributed by atoms with Crippen LogP contribution in [0.1, 0.15) is 10.4 Å². The Kier molecular flexibility index (Phi) is 6.47. The molecule has 0 bridgehead atoms. The van der Waals surface area contributed by atoms with Gasteiger partial charge < -0.3 is 19.1 Å². The Morgan fingerprint density at radius 2 is 1.43 bits per heavy atom. The average Bonchev–Trinajstić information content (AvgIpc) is 2.77. The van der Waals surface area contributed by atoms with Gasteiger partial charge in [-0.1, -0.05) is 0 Å². The van der Waals surface area contributed by atoms with Crippen LogP contribution in [0, 0.1) is 5.82 Å². The van der Waals surface area contributed by atoms with Gasteiger partial charge >= 0.3 is 0 Å². The molecule has 1 saturated heterocycles. The van der Waals surface area contributed by atoms with Crippen molar-refractivity contribution < 1.29 is 31.8 Å². The van der Waals surface area contributed by atoms with Crippen LogP contribution < -0.4 is 14.2 Å². The molecule has 2 aromatic carbocycles. The molecule has 0 N–H and O–H groups in total. The number of halogens is 1. The number of nitrogens with zero attached hydrogens (tertiary/aromatic N) is 2. The number of hydrogen-bond acceptors (Lipinski definition) is 6. The second-order valence-corrected chi connectivity index (χ2v) is 8.50. The fourth-order valence-corrected chi connectivity index (χ4v) is 4.70. The third-order valence-electron chi connectivity index (χ3n) is 4.89. The number of sulfonamides is 1. The van der Waals surface area contributed by atoms with E-state index in [4.69, 9.17) is 14.2 Å². The predicted molar refractivity (Wildman–Crippen MR) is 107 cm³/mol. The van der Waals surface area contributed by atoms with Gasteiger partial charge in [0.2, 0.25) is 15.8 Å². The minimum atomic E-state index is -3.75. The monoisotopic (exact) mass is 438 g/mol. The average molecular weight is 438 g/mol. The van der Waals surface area contributed by atoms with Gasteiger partial charge in [-0.15, -0.1) is 0 Å². The van der Waals surface area contributed by atoms with E-state index in [1.165, 1.54) is 37.8 Å². The Morgan fingerprint density at radius 3 is 1.90 bits per heavy atom.